The highest BCUT2D eigenvalue weighted by Crippen LogP contribution is 2.34. The predicted molar refractivity (Wildman–Crippen MR) is 116 cm³/mol. The molecule has 1 aliphatic carbocycles. The normalized spacial score (nSPS) is 13.0. The van der Waals surface area contributed by atoms with Gasteiger partial charge in [-0.15, -0.1) is 0 Å². The van der Waals surface area contributed by atoms with Crippen LogP contribution >= 0.6 is 10.7 Å². The summed E-state index contributed by atoms with van der Waals surface area (Å²) < 4.78 is 28.6. The largest absolute Gasteiger partial charge is 0.457 e. The highest BCUT2D eigenvalue weighted by atomic mass is 35.7. The van der Waals surface area contributed by atoms with Gasteiger partial charge < -0.3 is 4.74 Å². The van der Waals surface area contributed by atoms with Crippen molar-refractivity contribution >= 4 is 36.3 Å². The Morgan fingerprint density at radius 3 is 2.30 bits per heavy atom. The first-order valence-corrected chi connectivity index (χ1v) is 11.6. The third-order valence-corrected chi connectivity index (χ3v) is 6.66. The van der Waals surface area contributed by atoms with Gasteiger partial charge in [0.2, 0.25) is 0 Å². The number of hydrogen-bond acceptors (Lipinski definition) is 4. The molecule has 0 saturated carbocycles. The third-order valence-electron chi connectivity index (χ3n) is 5.29. The van der Waals surface area contributed by atoms with Crippen molar-refractivity contribution in [1.82, 2.24) is 0 Å². The van der Waals surface area contributed by atoms with E-state index in [4.69, 9.17) is 15.4 Å². The Labute approximate surface area is 178 Å². The Morgan fingerprint density at radius 1 is 0.800 bits per heavy atom. The second kappa shape index (κ2) is 6.97. The van der Waals surface area contributed by atoms with Crippen LogP contribution in [-0.4, -0.2) is 14.2 Å². The van der Waals surface area contributed by atoms with Crippen molar-refractivity contribution in [1.29, 1.82) is 0 Å². The molecule has 0 heterocycles. The van der Waals surface area contributed by atoms with Crippen molar-refractivity contribution in [3.8, 4) is 11.5 Å². The van der Waals surface area contributed by atoms with E-state index in [2.05, 4.69) is 0 Å². The highest BCUT2D eigenvalue weighted by Gasteiger charge is 2.24. The molecule has 0 aromatic heterocycles. The van der Waals surface area contributed by atoms with Crippen molar-refractivity contribution in [2.24, 2.45) is 0 Å². The van der Waals surface area contributed by atoms with Gasteiger partial charge in [-0.25, -0.2) is 8.42 Å². The van der Waals surface area contributed by atoms with Crippen molar-refractivity contribution in [2.75, 3.05) is 0 Å². The molecule has 0 aliphatic heterocycles. The fourth-order valence-electron chi connectivity index (χ4n) is 3.87. The zero-order chi connectivity index (χ0) is 20.9. The summed E-state index contributed by atoms with van der Waals surface area (Å²) >= 11 is 0. The van der Waals surface area contributed by atoms with Gasteiger partial charge in [-0.2, -0.15) is 0 Å². The Hall–Kier alpha value is -3.15. The van der Waals surface area contributed by atoms with Gasteiger partial charge in [0.1, 0.15) is 11.5 Å². The van der Waals surface area contributed by atoms with Crippen molar-refractivity contribution in [3.05, 3.63) is 101 Å². The molecule has 4 aromatic carbocycles. The summed E-state index contributed by atoms with van der Waals surface area (Å²) in [4.78, 5) is 13.1. The van der Waals surface area contributed by atoms with E-state index < -0.39 is 9.05 Å². The average Bonchev–Trinajstić information content (AvgIpc) is 2.73. The van der Waals surface area contributed by atoms with Crippen LogP contribution < -0.4 is 4.74 Å². The van der Waals surface area contributed by atoms with Crippen LogP contribution in [0.15, 0.2) is 83.8 Å². The molecule has 0 radical (unpaired) electrons. The first-order chi connectivity index (χ1) is 14.4. The molecule has 0 unspecified atom stereocenters. The number of carbonyl (C=O) groups excluding carboxylic acids is 1. The van der Waals surface area contributed by atoms with Crippen LogP contribution in [0, 0.1) is 0 Å². The molecule has 4 nitrogen and oxygen atoms in total. The van der Waals surface area contributed by atoms with E-state index in [1.807, 2.05) is 54.6 Å². The smallest absolute Gasteiger partial charge is 0.261 e. The monoisotopic (exact) mass is 434 g/mol. The molecular weight excluding hydrogens is 420 g/mol. The zero-order valence-corrected chi connectivity index (χ0v) is 17.2. The van der Waals surface area contributed by atoms with E-state index in [1.54, 1.807) is 12.1 Å². The highest BCUT2D eigenvalue weighted by molar-refractivity contribution is 8.13. The Bertz CT molecular complexity index is 1420. The van der Waals surface area contributed by atoms with E-state index in [0.29, 0.717) is 11.5 Å². The second-order valence-corrected chi connectivity index (χ2v) is 9.72. The van der Waals surface area contributed by atoms with E-state index in [9.17, 15) is 13.2 Å². The topological polar surface area (TPSA) is 60.4 Å². The van der Waals surface area contributed by atoms with Gasteiger partial charge in [0, 0.05) is 21.8 Å². The van der Waals surface area contributed by atoms with Crippen LogP contribution in [-0.2, 0) is 15.5 Å². The summed E-state index contributed by atoms with van der Waals surface area (Å²) in [5, 5.41) is 1.79. The first-order valence-electron chi connectivity index (χ1n) is 9.31. The van der Waals surface area contributed by atoms with Crippen LogP contribution in [0.1, 0.15) is 27.0 Å². The minimum Gasteiger partial charge on any atom is -0.457 e. The molecule has 0 amide bonds. The Kier molecular flexibility index (Phi) is 4.38. The van der Waals surface area contributed by atoms with E-state index in [0.717, 1.165) is 39.4 Å². The van der Waals surface area contributed by atoms with Crippen molar-refractivity contribution in [2.45, 2.75) is 11.3 Å². The molecule has 4 aromatic rings. The Morgan fingerprint density at radius 2 is 1.53 bits per heavy atom. The van der Waals surface area contributed by atoms with Crippen LogP contribution in [0.25, 0.3) is 10.8 Å². The molecule has 0 bridgehead atoms. The van der Waals surface area contributed by atoms with Crippen molar-refractivity contribution in [3.63, 3.8) is 0 Å². The van der Waals surface area contributed by atoms with Gasteiger partial charge in [-0.3, -0.25) is 4.79 Å². The molecule has 0 atom stereocenters. The minimum atomic E-state index is -3.77. The zero-order valence-electron chi connectivity index (χ0n) is 15.6. The standard InChI is InChI=1S/C24H15ClO4S/c25-30(27,28)20-10-7-18(8-11-20)29-19-9-12-21-16(14-19)5-6-17-13-15-3-1-2-4-22(15)24(26)23(17)21/h1-12,14H,13H2. The lowest BCUT2D eigenvalue weighted by molar-refractivity contribution is 0.103. The first kappa shape index (κ1) is 18.9. The number of carbonyl (C=O) groups is 1. The van der Waals surface area contributed by atoms with Gasteiger partial charge in [0.15, 0.2) is 5.78 Å². The summed E-state index contributed by atoms with van der Waals surface area (Å²) in [6.45, 7) is 0. The third kappa shape index (κ3) is 3.26. The molecule has 0 spiro atoms. The van der Waals surface area contributed by atoms with Gasteiger partial charge in [-0.05, 0) is 70.8 Å². The molecule has 0 fully saturated rings. The minimum absolute atomic E-state index is 0.0143. The van der Waals surface area contributed by atoms with Gasteiger partial charge in [-0.1, -0.05) is 36.4 Å². The van der Waals surface area contributed by atoms with E-state index >= 15 is 0 Å². The maximum Gasteiger partial charge on any atom is 0.261 e. The van der Waals surface area contributed by atoms with Gasteiger partial charge >= 0.3 is 0 Å². The molecule has 0 saturated heterocycles. The molecule has 6 heteroatoms. The number of rotatable bonds is 3. The van der Waals surface area contributed by atoms with Crippen LogP contribution in [0.5, 0.6) is 11.5 Å². The lowest BCUT2D eigenvalue weighted by Crippen LogP contribution is -2.15. The number of fused-ring (bicyclic) bond motifs is 4. The molecular formula is C24H15ClO4S. The maximum absolute atomic E-state index is 13.1. The SMILES string of the molecule is O=C1c2ccccc2Cc2ccc3cc(Oc4ccc(S(=O)(=O)Cl)cc4)ccc3c21. The molecule has 1 aliphatic rings. The quantitative estimate of drug-likeness (QED) is 0.342. The maximum atomic E-state index is 13.1. The number of ketones is 1. The van der Waals surface area contributed by atoms with E-state index in [1.165, 1.54) is 12.1 Å². The predicted octanol–water partition coefficient (Wildman–Crippen LogP) is 5.69. The summed E-state index contributed by atoms with van der Waals surface area (Å²) in [6, 6.07) is 23.2. The van der Waals surface area contributed by atoms with Crippen LogP contribution in [0.3, 0.4) is 0 Å². The average molecular weight is 435 g/mol. The van der Waals surface area contributed by atoms with Crippen molar-refractivity contribution < 1.29 is 17.9 Å². The number of benzene rings is 4. The fraction of sp³-hybridized carbons (Fsp3) is 0.0417. The number of halogens is 1. The molecule has 30 heavy (non-hydrogen) atoms. The van der Waals surface area contributed by atoms with Gasteiger partial charge in [0.05, 0.1) is 4.90 Å². The molecule has 0 N–H and O–H groups in total. The van der Waals surface area contributed by atoms with Crippen LogP contribution in [0.4, 0.5) is 0 Å². The Balaban J connectivity index is 1.50. The summed E-state index contributed by atoms with van der Waals surface area (Å²) in [6.07, 6.45) is 0.737. The second-order valence-electron chi connectivity index (χ2n) is 7.16. The summed E-state index contributed by atoms with van der Waals surface area (Å²) in [5.41, 5.74) is 3.58. The lowest BCUT2D eigenvalue weighted by Gasteiger charge is -2.20. The molecule has 5 rings (SSSR count). The number of hydrogen-bond donors (Lipinski definition) is 0. The summed E-state index contributed by atoms with van der Waals surface area (Å²) in [7, 11) is 1.57. The van der Waals surface area contributed by atoms with Crippen LogP contribution in [0.2, 0.25) is 0 Å². The number of ether oxygens (including phenoxy) is 1. The summed E-state index contributed by atoms with van der Waals surface area (Å²) in [5.74, 6) is 1.12. The molecule has 148 valence electrons. The van der Waals surface area contributed by atoms with Gasteiger partial charge in [0.25, 0.3) is 9.05 Å². The van der Waals surface area contributed by atoms with E-state index in [-0.39, 0.29) is 10.7 Å². The lowest BCUT2D eigenvalue weighted by atomic mass is 9.82. The fourth-order valence-corrected chi connectivity index (χ4v) is 4.64.